The predicted octanol–water partition coefficient (Wildman–Crippen LogP) is 3.96. The third-order valence-corrected chi connectivity index (χ3v) is 6.62. The Kier molecular flexibility index (Phi) is 9.56. The van der Waals surface area contributed by atoms with E-state index in [1.54, 1.807) is 13.1 Å². The number of urea groups is 1. The summed E-state index contributed by atoms with van der Waals surface area (Å²) < 4.78 is 43.3. The molecule has 2 amide bonds. The number of rotatable bonds is 12. The van der Waals surface area contributed by atoms with Crippen LogP contribution in [0, 0.1) is 5.92 Å². The molecule has 9 nitrogen and oxygen atoms in total. The van der Waals surface area contributed by atoms with Gasteiger partial charge < -0.3 is 32.2 Å². The van der Waals surface area contributed by atoms with Gasteiger partial charge in [0.25, 0.3) is 0 Å². The van der Waals surface area contributed by atoms with Crippen molar-refractivity contribution in [2.75, 3.05) is 24.5 Å². The fraction of sp³-hybridized carbons (Fsp3) is 0.379. The average molecular weight is 572 g/mol. The summed E-state index contributed by atoms with van der Waals surface area (Å²) in [5.41, 5.74) is 15.6. The molecule has 0 aliphatic carbocycles. The van der Waals surface area contributed by atoms with E-state index in [2.05, 4.69) is 25.7 Å². The quantitative estimate of drug-likeness (QED) is 0.149. The first-order valence-corrected chi connectivity index (χ1v) is 13.5. The van der Waals surface area contributed by atoms with Gasteiger partial charge in [-0.3, -0.25) is 9.89 Å². The summed E-state index contributed by atoms with van der Waals surface area (Å²) in [7, 11) is 0. The Hall–Kier alpha value is -4.03. The lowest BCUT2D eigenvalue weighted by atomic mass is 9.98. The maximum atomic E-state index is 13.0. The molecule has 0 spiro atoms. The Morgan fingerprint density at radius 1 is 1.17 bits per heavy atom. The smallest absolute Gasteiger partial charge is 0.406 e. The number of hydrogen-bond acceptors (Lipinski definition) is 6. The molecule has 7 N–H and O–H groups in total. The summed E-state index contributed by atoms with van der Waals surface area (Å²) in [6, 6.07) is 11.8. The van der Waals surface area contributed by atoms with Crippen molar-refractivity contribution in [1.82, 2.24) is 16.0 Å². The number of amidine groups is 1. The van der Waals surface area contributed by atoms with Crippen LogP contribution in [0.1, 0.15) is 37.0 Å². The second kappa shape index (κ2) is 13.1. The van der Waals surface area contributed by atoms with Gasteiger partial charge in [0.1, 0.15) is 11.9 Å². The molecule has 4 rings (SSSR count). The van der Waals surface area contributed by atoms with E-state index in [9.17, 15) is 18.0 Å². The van der Waals surface area contributed by atoms with Gasteiger partial charge in [-0.1, -0.05) is 19.1 Å². The number of anilines is 1. The molecule has 2 heterocycles. The second-order valence-electron chi connectivity index (χ2n) is 10.3. The SMILES string of the molecule is CC(N)=NCCCNCc1ccc(N2C=C3C=C(c4cc(CC(C)CN)cc(OC(F)(F)F)c4)NC3NC2=O)cc1. The lowest BCUT2D eigenvalue weighted by Crippen LogP contribution is -2.51. The van der Waals surface area contributed by atoms with Crippen LogP contribution in [-0.4, -0.2) is 44.0 Å². The summed E-state index contributed by atoms with van der Waals surface area (Å²) >= 11 is 0. The summed E-state index contributed by atoms with van der Waals surface area (Å²) in [5, 5.41) is 9.47. The van der Waals surface area contributed by atoms with Crippen LogP contribution in [-0.2, 0) is 13.0 Å². The topological polar surface area (TPSA) is 130 Å². The van der Waals surface area contributed by atoms with Gasteiger partial charge in [0.15, 0.2) is 0 Å². The molecule has 2 aromatic carbocycles. The van der Waals surface area contributed by atoms with E-state index >= 15 is 0 Å². The number of carbonyl (C=O) groups excluding carboxylic acids is 1. The predicted molar refractivity (Wildman–Crippen MR) is 154 cm³/mol. The molecule has 2 unspecified atom stereocenters. The standard InChI is InChI=1S/C29H36F3N7O2/c1-18(15-33)10-21-11-22(13-25(12-21)41-29(30,31)32)26-14-23-17-39(28(40)38-27(23)37-26)24-6-4-20(5-7-24)16-35-8-3-9-36-19(2)34/h4-7,11-14,17-18,27,35,37H,3,8-10,15-16,33H2,1-2H3,(H2,34,36)(H,38,40). The molecular formula is C29H36F3N7O2. The highest BCUT2D eigenvalue weighted by Crippen LogP contribution is 2.32. The van der Waals surface area contributed by atoms with E-state index < -0.39 is 12.5 Å². The van der Waals surface area contributed by atoms with E-state index in [0.717, 1.165) is 24.1 Å². The highest BCUT2D eigenvalue weighted by atomic mass is 19.4. The minimum Gasteiger partial charge on any atom is -0.406 e. The number of nitrogens with zero attached hydrogens (tertiary/aromatic N) is 2. The lowest BCUT2D eigenvalue weighted by Gasteiger charge is -2.29. The van der Waals surface area contributed by atoms with E-state index in [4.69, 9.17) is 11.5 Å². The minimum absolute atomic E-state index is 0.0789. The molecule has 0 aromatic heterocycles. The Morgan fingerprint density at radius 2 is 1.93 bits per heavy atom. The van der Waals surface area contributed by atoms with E-state index in [1.807, 2.05) is 43.3 Å². The molecule has 0 saturated carbocycles. The van der Waals surface area contributed by atoms with Gasteiger partial charge in [-0.15, -0.1) is 13.2 Å². The zero-order valence-electron chi connectivity index (χ0n) is 23.1. The van der Waals surface area contributed by atoms with Gasteiger partial charge in [-0.2, -0.15) is 0 Å². The van der Waals surface area contributed by atoms with Crippen molar-refractivity contribution in [1.29, 1.82) is 0 Å². The zero-order valence-corrected chi connectivity index (χ0v) is 23.1. The van der Waals surface area contributed by atoms with Gasteiger partial charge in [0, 0.05) is 36.1 Å². The highest BCUT2D eigenvalue weighted by Gasteiger charge is 2.33. The van der Waals surface area contributed by atoms with Crippen LogP contribution >= 0.6 is 0 Å². The van der Waals surface area contributed by atoms with Gasteiger partial charge in [-0.25, -0.2) is 4.79 Å². The average Bonchev–Trinajstić information content (AvgIpc) is 3.32. The third-order valence-electron chi connectivity index (χ3n) is 6.62. The fourth-order valence-corrected chi connectivity index (χ4v) is 4.60. The number of amides is 2. The van der Waals surface area contributed by atoms with E-state index in [1.165, 1.54) is 17.0 Å². The molecule has 0 saturated heterocycles. The summed E-state index contributed by atoms with van der Waals surface area (Å²) in [5.74, 6) is 0.353. The number of fused-ring (bicyclic) bond motifs is 1. The van der Waals surface area contributed by atoms with Crippen LogP contribution in [0.25, 0.3) is 5.70 Å². The number of carbonyl (C=O) groups is 1. The molecule has 12 heteroatoms. The fourth-order valence-electron chi connectivity index (χ4n) is 4.60. The number of nitrogens with one attached hydrogen (secondary N) is 3. The molecule has 2 atom stereocenters. The monoisotopic (exact) mass is 571 g/mol. The van der Waals surface area contributed by atoms with Crippen molar-refractivity contribution in [2.24, 2.45) is 22.4 Å². The number of nitrogens with two attached hydrogens (primary N) is 2. The van der Waals surface area contributed by atoms with Crippen molar-refractivity contribution in [3.63, 3.8) is 0 Å². The number of halogens is 3. The first kappa shape index (κ1) is 29.9. The van der Waals surface area contributed by atoms with Crippen LogP contribution in [0.2, 0.25) is 0 Å². The van der Waals surface area contributed by atoms with Crippen molar-refractivity contribution >= 4 is 23.3 Å². The van der Waals surface area contributed by atoms with Crippen molar-refractivity contribution in [2.45, 2.75) is 45.8 Å². The number of hydrogen-bond donors (Lipinski definition) is 5. The Balaban J connectivity index is 1.48. The highest BCUT2D eigenvalue weighted by molar-refractivity contribution is 5.96. The van der Waals surface area contributed by atoms with Gasteiger partial charge >= 0.3 is 12.4 Å². The Labute approximate surface area is 237 Å². The maximum absolute atomic E-state index is 13.0. The summed E-state index contributed by atoms with van der Waals surface area (Å²) in [4.78, 5) is 18.6. The number of alkyl halides is 3. The van der Waals surface area contributed by atoms with E-state index in [-0.39, 0.29) is 17.7 Å². The van der Waals surface area contributed by atoms with Crippen molar-refractivity contribution in [3.05, 3.63) is 77.0 Å². The molecule has 2 aromatic rings. The lowest BCUT2D eigenvalue weighted by molar-refractivity contribution is -0.274. The second-order valence-corrected chi connectivity index (χ2v) is 10.3. The largest absolute Gasteiger partial charge is 0.573 e. The molecule has 0 bridgehead atoms. The molecule has 0 fully saturated rings. The van der Waals surface area contributed by atoms with Crippen LogP contribution < -0.4 is 37.1 Å². The molecule has 2 aliphatic heterocycles. The van der Waals surface area contributed by atoms with Crippen molar-refractivity contribution < 1.29 is 22.7 Å². The van der Waals surface area contributed by atoms with Crippen LogP contribution in [0.5, 0.6) is 5.75 Å². The molecule has 220 valence electrons. The molecular weight excluding hydrogens is 535 g/mol. The van der Waals surface area contributed by atoms with Crippen LogP contribution in [0.15, 0.2) is 65.3 Å². The normalized spacial score (nSPS) is 17.8. The molecule has 0 radical (unpaired) electrons. The third kappa shape index (κ3) is 8.48. The van der Waals surface area contributed by atoms with Crippen LogP contribution in [0.3, 0.4) is 0 Å². The molecule has 2 aliphatic rings. The maximum Gasteiger partial charge on any atom is 0.573 e. The van der Waals surface area contributed by atoms with Gasteiger partial charge in [-0.05, 0) is 86.3 Å². The summed E-state index contributed by atoms with van der Waals surface area (Å²) in [6.45, 7) is 6.27. The Bertz CT molecular complexity index is 1320. The molecule has 41 heavy (non-hydrogen) atoms. The minimum atomic E-state index is -4.82. The number of benzene rings is 2. The zero-order chi connectivity index (χ0) is 29.6. The van der Waals surface area contributed by atoms with Gasteiger partial charge in [0.2, 0.25) is 0 Å². The van der Waals surface area contributed by atoms with Gasteiger partial charge in [0.05, 0.1) is 11.5 Å². The number of ether oxygens (including phenoxy) is 1. The van der Waals surface area contributed by atoms with Crippen LogP contribution in [0.4, 0.5) is 23.7 Å². The first-order chi connectivity index (χ1) is 19.5. The summed E-state index contributed by atoms with van der Waals surface area (Å²) in [6.07, 6.45) is -0.410. The first-order valence-electron chi connectivity index (χ1n) is 13.5. The number of aliphatic imine (C=N–C) groups is 1. The Morgan fingerprint density at radius 3 is 2.61 bits per heavy atom. The van der Waals surface area contributed by atoms with Crippen molar-refractivity contribution in [3.8, 4) is 5.75 Å². The van der Waals surface area contributed by atoms with E-state index in [0.29, 0.717) is 54.4 Å².